The van der Waals surface area contributed by atoms with Gasteiger partial charge in [-0.05, 0) is 6.07 Å². The van der Waals surface area contributed by atoms with Gasteiger partial charge < -0.3 is 5.32 Å². The van der Waals surface area contributed by atoms with Gasteiger partial charge in [0.2, 0.25) is 0 Å². The second-order valence-corrected chi connectivity index (χ2v) is 4.82. The van der Waals surface area contributed by atoms with Gasteiger partial charge in [-0.3, -0.25) is 0 Å². The summed E-state index contributed by atoms with van der Waals surface area (Å²) in [5.74, 6) is 0.811. The first kappa shape index (κ1) is 9.91. The topological polar surface area (TPSA) is 72.0 Å². The molecule has 1 heterocycles. The molecule has 13 heavy (non-hydrogen) atoms. The normalized spacial score (nSPS) is 11.2. The van der Waals surface area contributed by atoms with Crippen LogP contribution in [0, 0.1) is 0 Å². The number of sulfone groups is 1. The smallest absolute Gasteiger partial charge is 0.154 e. The third-order valence-corrected chi connectivity index (χ3v) is 2.14. The molecule has 0 saturated heterocycles. The third-order valence-electron chi connectivity index (χ3n) is 1.35. The molecule has 0 aliphatic carbocycles. The first-order chi connectivity index (χ1) is 6.01. The summed E-state index contributed by atoms with van der Waals surface area (Å²) in [6, 6.07) is 1.67. The van der Waals surface area contributed by atoms with Crippen LogP contribution in [0.3, 0.4) is 0 Å². The van der Waals surface area contributed by atoms with Gasteiger partial charge in [-0.2, -0.15) is 0 Å². The Morgan fingerprint density at radius 1 is 1.54 bits per heavy atom. The van der Waals surface area contributed by atoms with Gasteiger partial charge in [-0.15, -0.1) is 0 Å². The van der Waals surface area contributed by atoms with E-state index in [4.69, 9.17) is 0 Å². The van der Waals surface area contributed by atoms with Crippen molar-refractivity contribution in [1.29, 1.82) is 0 Å². The van der Waals surface area contributed by atoms with Gasteiger partial charge in [-0.25, -0.2) is 18.4 Å². The lowest BCUT2D eigenvalue weighted by Crippen LogP contribution is -2.06. The van der Waals surface area contributed by atoms with Gasteiger partial charge in [0.15, 0.2) is 9.84 Å². The molecule has 0 fully saturated rings. The highest BCUT2D eigenvalue weighted by atomic mass is 32.2. The van der Waals surface area contributed by atoms with Crippen molar-refractivity contribution >= 4 is 15.7 Å². The molecule has 0 aliphatic rings. The van der Waals surface area contributed by atoms with Crippen molar-refractivity contribution in [3.63, 3.8) is 0 Å². The standard InChI is InChI=1S/C7H11N3O2S/c1-8-6-3-4-9-7(10-6)5-13(2,11)12/h3-4H,5H2,1-2H3,(H,8,9,10). The Kier molecular flexibility index (Phi) is 2.82. The Labute approximate surface area is 77.1 Å². The van der Waals surface area contributed by atoms with E-state index < -0.39 is 9.84 Å². The number of rotatable bonds is 3. The molecule has 0 saturated carbocycles. The maximum absolute atomic E-state index is 10.9. The van der Waals surface area contributed by atoms with Crippen LogP contribution in [-0.2, 0) is 15.6 Å². The zero-order valence-electron chi connectivity index (χ0n) is 7.48. The van der Waals surface area contributed by atoms with Gasteiger partial charge in [0.1, 0.15) is 17.4 Å². The molecule has 0 aromatic carbocycles. The predicted molar refractivity (Wildman–Crippen MR) is 50.1 cm³/mol. The molecule has 1 aromatic heterocycles. The van der Waals surface area contributed by atoms with Crippen molar-refractivity contribution in [3.05, 3.63) is 18.1 Å². The van der Waals surface area contributed by atoms with Crippen molar-refractivity contribution in [2.75, 3.05) is 18.6 Å². The Bertz CT molecular complexity index is 388. The molecule has 1 rings (SSSR count). The molecule has 72 valence electrons. The van der Waals surface area contributed by atoms with Gasteiger partial charge in [0.05, 0.1) is 0 Å². The maximum atomic E-state index is 10.9. The van der Waals surface area contributed by atoms with E-state index in [-0.39, 0.29) is 5.75 Å². The largest absolute Gasteiger partial charge is 0.373 e. The van der Waals surface area contributed by atoms with Crippen LogP contribution in [0.4, 0.5) is 5.82 Å². The molecule has 6 heteroatoms. The van der Waals surface area contributed by atoms with Crippen LogP contribution >= 0.6 is 0 Å². The van der Waals surface area contributed by atoms with Crippen LogP contribution in [0.25, 0.3) is 0 Å². The van der Waals surface area contributed by atoms with Crippen LogP contribution in [-0.4, -0.2) is 31.7 Å². The maximum Gasteiger partial charge on any atom is 0.154 e. The molecular weight excluding hydrogens is 190 g/mol. The number of hydrogen-bond acceptors (Lipinski definition) is 5. The molecule has 0 amide bonds. The van der Waals surface area contributed by atoms with Crippen LogP contribution in [0.15, 0.2) is 12.3 Å². The van der Waals surface area contributed by atoms with Gasteiger partial charge in [-0.1, -0.05) is 0 Å². The minimum atomic E-state index is -3.05. The summed E-state index contributed by atoms with van der Waals surface area (Å²) in [5, 5.41) is 2.81. The summed E-state index contributed by atoms with van der Waals surface area (Å²) < 4.78 is 21.8. The fraction of sp³-hybridized carbons (Fsp3) is 0.429. The lowest BCUT2D eigenvalue weighted by molar-refractivity contribution is 0.599. The Morgan fingerprint density at radius 2 is 2.23 bits per heavy atom. The van der Waals surface area contributed by atoms with E-state index in [0.29, 0.717) is 11.6 Å². The SMILES string of the molecule is CNc1ccnc(CS(C)(=O)=O)n1. The molecule has 5 nitrogen and oxygen atoms in total. The van der Waals surface area contributed by atoms with Crippen molar-refractivity contribution in [2.24, 2.45) is 0 Å². The summed E-state index contributed by atoms with van der Waals surface area (Å²) >= 11 is 0. The highest BCUT2D eigenvalue weighted by molar-refractivity contribution is 7.89. The number of aromatic nitrogens is 2. The van der Waals surface area contributed by atoms with Crippen molar-refractivity contribution in [2.45, 2.75) is 5.75 Å². The van der Waals surface area contributed by atoms with Crippen molar-refractivity contribution in [3.8, 4) is 0 Å². The molecule has 0 spiro atoms. The molecule has 0 unspecified atom stereocenters. The Balaban J connectivity index is 2.90. The van der Waals surface area contributed by atoms with Gasteiger partial charge >= 0.3 is 0 Å². The predicted octanol–water partition coefficient (Wildman–Crippen LogP) is 0.0629. The molecule has 0 bridgehead atoms. The fourth-order valence-corrected chi connectivity index (χ4v) is 1.45. The zero-order chi connectivity index (χ0) is 9.90. The number of anilines is 1. The first-order valence-corrected chi connectivity index (χ1v) is 5.75. The molecular formula is C7H11N3O2S. The van der Waals surface area contributed by atoms with E-state index >= 15 is 0 Å². The van der Waals surface area contributed by atoms with E-state index in [1.165, 1.54) is 6.20 Å². The van der Waals surface area contributed by atoms with E-state index in [1.807, 2.05) is 0 Å². The van der Waals surface area contributed by atoms with Crippen molar-refractivity contribution < 1.29 is 8.42 Å². The summed E-state index contributed by atoms with van der Waals surface area (Å²) in [5.41, 5.74) is 0. The van der Waals surface area contributed by atoms with E-state index in [1.54, 1.807) is 13.1 Å². The summed E-state index contributed by atoms with van der Waals surface area (Å²) in [6.45, 7) is 0. The van der Waals surface area contributed by atoms with Crippen LogP contribution < -0.4 is 5.32 Å². The van der Waals surface area contributed by atoms with Crippen LogP contribution in [0.1, 0.15) is 5.82 Å². The molecule has 1 aromatic rings. The molecule has 1 N–H and O–H groups in total. The summed E-state index contributed by atoms with van der Waals surface area (Å²) in [4.78, 5) is 7.82. The van der Waals surface area contributed by atoms with Crippen LogP contribution in [0.2, 0.25) is 0 Å². The van der Waals surface area contributed by atoms with Crippen LogP contribution in [0.5, 0.6) is 0 Å². The lowest BCUT2D eigenvalue weighted by atomic mass is 10.5. The Hall–Kier alpha value is -1.17. The summed E-state index contributed by atoms with van der Waals surface area (Å²) in [6.07, 6.45) is 2.68. The quantitative estimate of drug-likeness (QED) is 0.748. The Morgan fingerprint density at radius 3 is 2.77 bits per heavy atom. The number of nitrogens with zero attached hydrogens (tertiary/aromatic N) is 2. The average Bonchev–Trinajstić information content (AvgIpc) is 2.01. The highest BCUT2D eigenvalue weighted by Crippen LogP contribution is 2.03. The second kappa shape index (κ2) is 3.69. The highest BCUT2D eigenvalue weighted by Gasteiger charge is 2.06. The van der Waals surface area contributed by atoms with Crippen molar-refractivity contribution in [1.82, 2.24) is 9.97 Å². The monoisotopic (exact) mass is 201 g/mol. The first-order valence-electron chi connectivity index (χ1n) is 3.68. The van der Waals surface area contributed by atoms with Gasteiger partial charge in [0.25, 0.3) is 0 Å². The molecule has 0 atom stereocenters. The van der Waals surface area contributed by atoms with Gasteiger partial charge in [0, 0.05) is 19.5 Å². The average molecular weight is 201 g/mol. The lowest BCUT2D eigenvalue weighted by Gasteiger charge is -2.00. The number of hydrogen-bond donors (Lipinski definition) is 1. The minimum Gasteiger partial charge on any atom is -0.373 e. The van der Waals surface area contributed by atoms with E-state index in [2.05, 4.69) is 15.3 Å². The fourth-order valence-electron chi connectivity index (χ4n) is 0.842. The third kappa shape index (κ3) is 3.37. The van der Waals surface area contributed by atoms with E-state index in [0.717, 1.165) is 6.26 Å². The second-order valence-electron chi connectivity index (χ2n) is 2.68. The van der Waals surface area contributed by atoms with E-state index in [9.17, 15) is 8.42 Å². The zero-order valence-corrected chi connectivity index (χ0v) is 8.30. The number of nitrogens with one attached hydrogen (secondary N) is 1. The molecule has 0 aliphatic heterocycles. The molecule has 0 radical (unpaired) electrons. The summed E-state index contributed by atoms with van der Waals surface area (Å²) in [7, 11) is -1.34. The minimum absolute atomic E-state index is 0.123.